The highest BCUT2D eigenvalue weighted by Gasteiger charge is 2.49. The fourth-order valence-corrected chi connectivity index (χ4v) is 5.65. The van der Waals surface area contributed by atoms with Crippen LogP contribution in [0.25, 0.3) is 0 Å². The van der Waals surface area contributed by atoms with Crippen molar-refractivity contribution in [1.82, 2.24) is 15.5 Å². The molecule has 30 heavy (non-hydrogen) atoms. The van der Waals surface area contributed by atoms with E-state index in [1.54, 1.807) is 6.92 Å². The highest BCUT2D eigenvalue weighted by molar-refractivity contribution is 5.88. The third-order valence-electron chi connectivity index (χ3n) is 7.31. The van der Waals surface area contributed by atoms with Crippen LogP contribution in [-0.4, -0.2) is 70.2 Å². The maximum atomic E-state index is 13.1. The minimum absolute atomic E-state index is 0.0175. The second-order valence-corrected chi connectivity index (χ2v) is 9.35. The first-order valence-electron chi connectivity index (χ1n) is 11.6. The molecule has 1 saturated carbocycles. The van der Waals surface area contributed by atoms with Crippen molar-refractivity contribution in [3.8, 4) is 0 Å². The molecule has 8 heteroatoms. The van der Waals surface area contributed by atoms with Gasteiger partial charge in [0.15, 0.2) is 0 Å². The number of carbonyl (C=O) groups is 3. The van der Waals surface area contributed by atoms with Crippen LogP contribution in [-0.2, 0) is 14.4 Å². The number of nitrogens with zero attached hydrogens (tertiary/aromatic N) is 1. The fourth-order valence-electron chi connectivity index (χ4n) is 5.65. The lowest BCUT2D eigenvalue weighted by Gasteiger charge is -2.31. The Morgan fingerprint density at radius 2 is 1.83 bits per heavy atom. The van der Waals surface area contributed by atoms with Crippen molar-refractivity contribution in [3.63, 3.8) is 0 Å². The summed E-state index contributed by atoms with van der Waals surface area (Å²) in [6.45, 7) is 3.80. The zero-order valence-electron chi connectivity index (χ0n) is 18.0. The number of hydrogen-bond acceptors (Lipinski definition) is 5. The molecule has 0 radical (unpaired) electrons. The second-order valence-electron chi connectivity index (χ2n) is 9.35. The van der Waals surface area contributed by atoms with E-state index in [9.17, 15) is 24.6 Å². The van der Waals surface area contributed by atoms with Crippen molar-refractivity contribution >= 4 is 17.8 Å². The highest BCUT2D eigenvalue weighted by Crippen LogP contribution is 2.41. The van der Waals surface area contributed by atoms with Gasteiger partial charge in [-0.15, -0.1) is 0 Å². The fraction of sp³-hybridized carbons (Fsp3) is 0.864. The molecule has 4 N–H and O–H groups in total. The third kappa shape index (κ3) is 5.52. The van der Waals surface area contributed by atoms with Gasteiger partial charge in [0, 0.05) is 6.04 Å². The third-order valence-corrected chi connectivity index (χ3v) is 7.31. The Labute approximate surface area is 178 Å². The quantitative estimate of drug-likeness (QED) is 0.396. The van der Waals surface area contributed by atoms with Gasteiger partial charge in [0.25, 0.3) is 0 Å². The van der Waals surface area contributed by atoms with Crippen LogP contribution in [0.2, 0.25) is 0 Å². The average Bonchev–Trinajstić information content (AvgIpc) is 3.31. The number of nitrogens with one attached hydrogen (secondary N) is 2. The van der Waals surface area contributed by atoms with Crippen LogP contribution in [0.4, 0.5) is 0 Å². The number of amides is 1. The average molecular weight is 424 g/mol. The van der Waals surface area contributed by atoms with Gasteiger partial charge >= 0.3 is 11.9 Å². The second kappa shape index (κ2) is 10.6. The zero-order chi connectivity index (χ0) is 21.7. The predicted octanol–water partition coefficient (Wildman–Crippen LogP) is 1.83. The summed E-state index contributed by atoms with van der Waals surface area (Å²) >= 11 is 0. The molecule has 1 aliphatic carbocycles. The molecule has 2 saturated heterocycles. The number of aliphatic carboxylic acids is 2. The van der Waals surface area contributed by atoms with Gasteiger partial charge in [0.1, 0.15) is 12.1 Å². The molecular formula is C22H37N3O5. The topological polar surface area (TPSA) is 119 Å². The molecule has 0 aromatic carbocycles. The Kier molecular flexibility index (Phi) is 8.11. The summed E-state index contributed by atoms with van der Waals surface area (Å²) in [6.07, 6.45) is 9.12. The normalized spacial score (nSPS) is 28.8. The van der Waals surface area contributed by atoms with Gasteiger partial charge in [0.05, 0.1) is 6.04 Å². The van der Waals surface area contributed by atoms with Gasteiger partial charge in [-0.25, -0.2) is 4.79 Å². The lowest BCUT2D eigenvalue weighted by molar-refractivity contribution is -0.151. The van der Waals surface area contributed by atoms with Gasteiger partial charge in [-0.3, -0.25) is 14.9 Å². The first-order chi connectivity index (χ1) is 14.4. The van der Waals surface area contributed by atoms with Gasteiger partial charge in [-0.2, -0.15) is 0 Å². The van der Waals surface area contributed by atoms with Crippen molar-refractivity contribution in [1.29, 1.82) is 0 Å². The molecule has 0 unspecified atom stereocenters. The van der Waals surface area contributed by atoms with Crippen LogP contribution in [0, 0.1) is 11.8 Å². The van der Waals surface area contributed by atoms with Gasteiger partial charge in [0.2, 0.25) is 5.91 Å². The lowest BCUT2D eigenvalue weighted by atomic mass is 9.92. The van der Waals surface area contributed by atoms with Crippen LogP contribution in [0.3, 0.4) is 0 Å². The van der Waals surface area contributed by atoms with Crippen LogP contribution in [0.5, 0.6) is 0 Å². The summed E-state index contributed by atoms with van der Waals surface area (Å²) in [6, 6.07) is -2.31. The van der Waals surface area contributed by atoms with Crippen molar-refractivity contribution in [2.45, 2.75) is 95.3 Å². The molecule has 170 valence electrons. The lowest BCUT2D eigenvalue weighted by Crippen LogP contribution is -2.55. The van der Waals surface area contributed by atoms with E-state index in [0.29, 0.717) is 12.8 Å². The van der Waals surface area contributed by atoms with E-state index >= 15 is 0 Å². The zero-order valence-corrected chi connectivity index (χ0v) is 18.0. The van der Waals surface area contributed by atoms with E-state index in [1.165, 1.54) is 17.7 Å². The summed E-state index contributed by atoms with van der Waals surface area (Å²) in [5.41, 5.74) is 0. The number of carbonyl (C=O) groups excluding carboxylic acids is 1. The molecule has 3 rings (SSSR count). The smallest absolute Gasteiger partial charge is 0.326 e. The van der Waals surface area contributed by atoms with Crippen LogP contribution in [0.15, 0.2) is 0 Å². The monoisotopic (exact) mass is 423 g/mol. The molecule has 2 aliphatic heterocycles. The maximum absolute atomic E-state index is 13.1. The van der Waals surface area contributed by atoms with E-state index in [4.69, 9.17) is 0 Å². The van der Waals surface area contributed by atoms with Crippen molar-refractivity contribution < 1.29 is 24.6 Å². The molecule has 0 aromatic rings. The molecule has 3 aliphatic rings. The number of hydrogen-bond donors (Lipinski definition) is 4. The molecular weight excluding hydrogens is 386 g/mol. The van der Waals surface area contributed by atoms with Crippen LogP contribution < -0.4 is 10.6 Å². The molecule has 0 bridgehead atoms. The Morgan fingerprint density at radius 3 is 2.50 bits per heavy atom. The Hall–Kier alpha value is -1.67. The molecule has 0 spiro atoms. The molecule has 0 aromatic heterocycles. The first kappa shape index (κ1) is 23.0. The van der Waals surface area contributed by atoms with Crippen LogP contribution in [0.1, 0.15) is 71.1 Å². The Morgan fingerprint density at radius 1 is 1.10 bits per heavy atom. The van der Waals surface area contributed by atoms with E-state index in [1.807, 2.05) is 0 Å². The SMILES string of the molecule is C[C@H](N[C@@H](CCCCC1CCNCC1)C(=O)O)C(=O)N1[C@H](C(=O)O)C[C@@H]2CCC[C@@H]21. The highest BCUT2D eigenvalue weighted by atomic mass is 16.4. The van der Waals surface area contributed by atoms with Crippen molar-refractivity contribution in [3.05, 3.63) is 0 Å². The summed E-state index contributed by atoms with van der Waals surface area (Å²) in [5.74, 6) is -1.21. The number of unbranched alkanes of at least 4 members (excludes halogenated alkanes) is 1. The molecule has 5 atom stereocenters. The predicted molar refractivity (Wildman–Crippen MR) is 112 cm³/mol. The van der Waals surface area contributed by atoms with Gasteiger partial charge in [-0.05, 0) is 70.4 Å². The van der Waals surface area contributed by atoms with Gasteiger partial charge < -0.3 is 20.4 Å². The Bertz CT molecular complexity index is 622. The Balaban J connectivity index is 1.50. The van der Waals surface area contributed by atoms with Crippen molar-refractivity contribution in [2.75, 3.05) is 13.1 Å². The van der Waals surface area contributed by atoms with Crippen LogP contribution >= 0.6 is 0 Å². The number of carboxylic acids is 2. The number of fused-ring (bicyclic) bond motifs is 1. The largest absolute Gasteiger partial charge is 0.480 e. The van der Waals surface area contributed by atoms with E-state index in [2.05, 4.69) is 10.6 Å². The molecule has 3 fully saturated rings. The minimum atomic E-state index is -0.961. The molecule has 8 nitrogen and oxygen atoms in total. The first-order valence-corrected chi connectivity index (χ1v) is 11.6. The van der Waals surface area contributed by atoms with E-state index in [0.717, 1.165) is 57.5 Å². The summed E-state index contributed by atoms with van der Waals surface area (Å²) in [7, 11) is 0. The number of carboxylic acid groups (broad SMARTS) is 2. The maximum Gasteiger partial charge on any atom is 0.326 e. The summed E-state index contributed by atoms with van der Waals surface area (Å²) < 4.78 is 0. The standard InChI is InChI=1S/C22H37N3O5/c1-14(20(26)25-18-8-4-6-16(18)13-19(25)22(29)30)24-17(21(27)28)7-3-2-5-15-9-11-23-12-10-15/h14-19,23-24H,2-13H2,1H3,(H,27,28)(H,29,30)/t14-,16-,17-,18-,19-/m0/s1. The van der Waals surface area contributed by atoms with E-state index < -0.39 is 30.1 Å². The van der Waals surface area contributed by atoms with E-state index in [-0.39, 0.29) is 17.9 Å². The van der Waals surface area contributed by atoms with Gasteiger partial charge in [-0.1, -0.05) is 25.7 Å². The number of rotatable bonds is 10. The molecule has 2 heterocycles. The summed E-state index contributed by atoms with van der Waals surface area (Å²) in [4.78, 5) is 38.1. The number of likely N-dealkylation sites (tertiary alicyclic amines) is 1. The number of piperidine rings is 1. The molecule has 1 amide bonds. The van der Waals surface area contributed by atoms with Crippen molar-refractivity contribution in [2.24, 2.45) is 11.8 Å². The minimum Gasteiger partial charge on any atom is -0.480 e. The summed E-state index contributed by atoms with van der Waals surface area (Å²) in [5, 5.41) is 25.5.